The lowest BCUT2D eigenvalue weighted by Gasteiger charge is -2.36. The summed E-state index contributed by atoms with van der Waals surface area (Å²) in [5.41, 5.74) is 2.64. The highest BCUT2D eigenvalue weighted by Crippen LogP contribution is 2.33. The Labute approximate surface area is 274 Å². The Morgan fingerprint density at radius 3 is 2.30 bits per heavy atom. The van der Waals surface area contributed by atoms with Gasteiger partial charge in [-0.1, -0.05) is 36.4 Å². The molecule has 5 rings (SSSR count). The maximum atomic E-state index is 15.1. The summed E-state index contributed by atoms with van der Waals surface area (Å²) >= 11 is 0. The van der Waals surface area contributed by atoms with Crippen molar-refractivity contribution in [2.24, 2.45) is 0 Å². The molecule has 0 radical (unpaired) electrons. The number of hydrogen-bond donors (Lipinski definition) is 2. The molecular weight excluding hydrogens is 603 g/mol. The predicted octanol–water partition coefficient (Wildman–Crippen LogP) is 6.37. The lowest BCUT2D eigenvalue weighted by molar-refractivity contribution is -0.181. The number of anilines is 3. The average molecular weight is 645 g/mol. The Kier molecular flexibility index (Phi) is 11.2. The van der Waals surface area contributed by atoms with Gasteiger partial charge in [0.15, 0.2) is 17.1 Å². The van der Waals surface area contributed by atoms with Gasteiger partial charge in [-0.05, 0) is 63.1 Å². The molecule has 47 heavy (non-hydrogen) atoms. The Hall–Kier alpha value is -4.78. The number of rotatable bonds is 13. The van der Waals surface area contributed by atoms with Gasteiger partial charge in [0.1, 0.15) is 12.4 Å². The van der Waals surface area contributed by atoms with Gasteiger partial charge in [0, 0.05) is 56.2 Å². The van der Waals surface area contributed by atoms with Crippen LogP contribution in [0, 0.1) is 19.7 Å². The summed E-state index contributed by atoms with van der Waals surface area (Å²) in [4.78, 5) is 37.6. The molecule has 1 amide bonds. The minimum absolute atomic E-state index is 0.0137. The third-order valence-corrected chi connectivity index (χ3v) is 7.90. The first-order valence-electron chi connectivity index (χ1n) is 15.6. The van der Waals surface area contributed by atoms with Gasteiger partial charge in [-0.2, -0.15) is 14.9 Å². The first-order chi connectivity index (χ1) is 22.7. The zero-order valence-corrected chi connectivity index (χ0v) is 27.4. The monoisotopic (exact) mass is 644 g/mol. The smallest absolute Gasteiger partial charge is 0.277 e. The van der Waals surface area contributed by atoms with Crippen molar-refractivity contribution in [3.8, 4) is 23.3 Å². The van der Waals surface area contributed by atoms with Gasteiger partial charge in [0.25, 0.3) is 11.8 Å². The van der Waals surface area contributed by atoms with Crippen LogP contribution in [0.5, 0.6) is 23.3 Å². The van der Waals surface area contributed by atoms with Crippen LogP contribution in [0.3, 0.4) is 0 Å². The Bertz CT molecular complexity index is 1640. The molecule has 2 heterocycles. The summed E-state index contributed by atoms with van der Waals surface area (Å²) in [6.07, 6.45) is 0. The second-order valence-electron chi connectivity index (χ2n) is 11.5. The molecule has 11 nitrogen and oxygen atoms in total. The van der Waals surface area contributed by atoms with Gasteiger partial charge in [-0.15, -0.1) is 0 Å². The largest absolute Gasteiger partial charge is 0.489 e. The molecule has 0 spiro atoms. The number of ether oxygens (including phenoxy) is 2. The molecule has 3 aromatic carbocycles. The molecule has 4 aromatic rings. The number of aryl methyl sites for hydroxylation is 2. The molecule has 1 saturated heterocycles. The standard InChI is InChI=1S/C35H41FN6O5/c1-23(2)42-18-16-41(17-19-42)20-21-45-29-15-14-26(22-28(29)36)37-35-39-33(46-27-12-7-6-8-13-27)30(34(40-35)47-44-5)32(43)38-31-24(3)10-9-11-25(31)4/h6-15,22-23H,16-21H2,1-5H3,(H,38,43)(H,37,39,40). The Morgan fingerprint density at radius 2 is 1.64 bits per heavy atom. The molecule has 1 aromatic heterocycles. The minimum Gasteiger partial charge on any atom is -0.489 e. The minimum atomic E-state index is -0.568. The summed E-state index contributed by atoms with van der Waals surface area (Å²) < 4.78 is 27.0. The van der Waals surface area contributed by atoms with Gasteiger partial charge < -0.3 is 25.0 Å². The highest BCUT2D eigenvalue weighted by Gasteiger charge is 2.27. The van der Waals surface area contributed by atoms with Gasteiger partial charge in [-0.3, -0.25) is 14.6 Å². The number of para-hydroxylation sites is 2. The van der Waals surface area contributed by atoms with Crippen molar-refractivity contribution in [1.29, 1.82) is 0 Å². The molecular formula is C35H41FN6O5. The quantitative estimate of drug-likeness (QED) is 0.126. The second-order valence-corrected chi connectivity index (χ2v) is 11.5. The molecule has 0 saturated carbocycles. The molecule has 12 heteroatoms. The maximum Gasteiger partial charge on any atom is 0.277 e. The van der Waals surface area contributed by atoms with Crippen LogP contribution in [0.25, 0.3) is 0 Å². The van der Waals surface area contributed by atoms with E-state index in [9.17, 15) is 4.79 Å². The molecule has 0 aliphatic carbocycles. The molecule has 0 bridgehead atoms. The number of carbonyl (C=O) groups is 1. The van der Waals surface area contributed by atoms with E-state index in [1.165, 1.54) is 13.2 Å². The first kappa shape index (κ1) is 33.6. The number of nitrogens with zero attached hydrogens (tertiary/aromatic N) is 4. The molecule has 2 N–H and O–H groups in total. The number of piperazine rings is 1. The number of benzene rings is 3. The number of halogens is 1. The van der Waals surface area contributed by atoms with Crippen molar-refractivity contribution < 1.29 is 28.4 Å². The third-order valence-electron chi connectivity index (χ3n) is 7.90. The fourth-order valence-corrected chi connectivity index (χ4v) is 5.28. The topological polar surface area (TPSA) is 110 Å². The zero-order valence-electron chi connectivity index (χ0n) is 27.4. The summed E-state index contributed by atoms with van der Waals surface area (Å²) in [5.74, 6) is -0.850. The molecule has 0 atom stereocenters. The van der Waals surface area contributed by atoms with Crippen LogP contribution >= 0.6 is 0 Å². The number of nitrogens with one attached hydrogen (secondary N) is 2. The third kappa shape index (κ3) is 8.73. The zero-order chi connectivity index (χ0) is 33.3. The summed E-state index contributed by atoms with van der Waals surface area (Å²) in [6, 6.07) is 19.6. The van der Waals surface area contributed by atoms with E-state index in [2.05, 4.69) is 44.2 Å². The van der Waals surface area contributed by atoms with E-state index in [1.54, 1.807) is 36.4 Å². The lowest BCUT2D eigenvalue weighted by atomic mass is 10.1. The van der Waals surface area contributed by atoms with Crippen molar-refractivity contribution in [2.75, 3.05) is 57.1 Å². The van der Waals surface area contributed by atoms with Gasteiger partial charge >= 0.3 is 0 Å². The van der Waals surface area contributed by atoms with Crippen molar-refractivity contribution in [3.63, 3.8) is 0 Å². The van der Waals surface area contributed by atoms with E-state index in [1.807, 2.05) is 38.1 Å². The summed E-state index contributed by atoms with van der Waals surface area (Å²) in [7, 11) is 1.29. The fourth-order valence-electron chi connectivity index (χ4n) is 5.28. The predicted molar refractivity (Wildman–Crippen MR) is 178 cm³/mol. The SMILES string of the molecule is COOc1nc(Nc2ccc(OCCN3CCN(C(C)C)CC3)c(F)c2)nc(Oc2ccccc2)c1C(=O)Nc1c(C)cccc1C. The maximum absolute atomic E-state index is 15.1. The van der Waals surface area contributed by atoms with Crippen molar-refractivity contribution in [1.82, 2.24) is 19.8 Å². The van der Waals surface area contributed by atoms with Crippen LogP contribution in [0.2, 0.25) is 0 Å². The van der Waals surface area contributed by atoms with Crippen LogP contribution in [0.1, 0.15) is 35.3 Å². The second kappa shape index (κ2) is 15.7. The van der Waals surface area contributed by atoms with E-state index in [0.717, 1.165) is 43.9 Å². The molecule has 1 fully saturated rings. The summed E-state index contributed by atoms with van der Waals surface area (Å²) in [5, 5.41) is 5.90. The van der Waals surface area contributed by atoms with E-state index in [0.29, 0.717) is 29.8 Å². The van der Waals surface area contributed by atoms with Gasteiger partial charge in [-0.25, -0.2) is 4.39 Å². The number of hydrogen-bond acceptors (Lipinski definition) is 10. The van der Waals surface area contributed by atoms with E-state index in [4.69, 9.17) is 19.2 Å². The van der Waals surface area contributed by atoms with Crippen LogP contribution in [-0.4, -0.2) is 78.2 Å². The lowest BCUT2D eigenvalue weighted by Crippen LogP contribution is -2.49. The number of carbonyl (C=O) groups excluding carboxylic acids is 1. The van der Waals surface area contributed by atoms with Crippen molar-refractivity contribution in [2.45, 2.75) is 33.7 Å². The van der Waals surface area contributed by atoms with Crippen LogP contribution in [-0.2, 0) is 4.89 Å². The first-order valence-corrected chi connectivity index (χ1v) is 15.6. The van der Waals surface area contributed by atoms with Crippen LogP contribution < -0.4 is 25.0 Å². The van der Waals surface area contributed by atoms with Crippen LogP contribution in [0.4, 0.5) is 21.7 Å². The van der Waals surface area contributed by atoms with E-state index >= 15 is 4.39 Å². The molecule has 1 aliphatic rings. The average Bonchev–Trinajstić information content (AvgIpc) is 3.05. The van der Waals surface area contributed by atoms with E-state index < -0.39 is 11.7 Å². The Balaban J connectivity index is 1.34. The molecule has 248 valence electrons. The highest BCUT2D eigenvalue weighted by atomic mass is 19.1. The van der Waals surface area contributed by atoms with Crippen molar-refractivity contribution in [3.05, 3.63) is 89.2 Å². The van der Waals surface area contributed by atoms with Gasteiger partial charge in [0.2, 0.25) is 11.8 Å². The molecule has 1 aliphatic heterocycles. The Morgan fingerprint density at radius 1 is 0.936 bits per heavy atom. The van der Waals surface area contributed by atoms with Crippen molar-refractivity contribution >= 4 is 23.2 Å². The highest BCUT2D eigenvalue weighted by molar-refractivity contribution is 6.08. The number of amides is 1. The summed E-state index contributed by atoms with van der Waals surface area (Å²) in [6.45, 7) is 13.2. The van der Waals surface area contributed by atoms with Crippen LogP contribution in [0.15, 0.2) is 66.7 Å². The van der Waals surface area contributed by atoms with Gasteiger partial charge in [0.05, 0.1) is 7.11 Å². The fraction of sp³-hybridized carbons (Fsp3) is 0.343. The number of aromatic nitrogens is 2. The molecule has 0 unspecified atom stereocenters. The van der Waals surface area contributed by atoms with E-state index in [-0.39, 0.29) is 29.0 Å². The normalized spacial score (nSPS) is 13.8.